The molecule has 324 valence electrons. The number of imide groups is 1. The fourth-order valence-corrected chi connectivity index (χ4v) is 11.4. The van der Waals surface area contributed by atoms with Crippen LogP contribution in [0.5, 0.6) is 5.88 Å². The summed E-state index contributed by atoms with van der Waals surface area (Å²) in [7, 11) is 0.229. The number of fused-ring (bicyclic) bond motifs is 2. The summed E-state index contributed by atoms with van der Waals surface area (Å²) in [6.07, 6.45) is 11.1. The zero-order valence-corrected chi connectivity index (χ0v) is 35.9. The van der Waals surface area contributed by atoms with Crippen LogP contribution in [0.2, 0.25) is 0 Å². The Morgan fingerprint density at radius 2 is 1.70 bits per heavy atom. The average Bonchev–Trinajstić information content (AvgIpc) is 3.84. The number of para-hydroxylation sites is 1. The summed E-state index contributed by atoms with van der Waals surface area (Å²) in [5.41, 5.74) is 4.82. The fraction of sp³-hybridized carbons (Fsp3) is 0.535. The van der Waals surface area contributed by atoms with Crippen LogP contribution >= 0.6 is 0 Å². The molecule has 61 heavy (non-hydrogen) atoms. The number of rotatable bonds is 11. The summed E-state index contributed by atoms with van der Waals surface area (Å²) >= 11 is 0. The molecule has 4 fully saturated rings. The third-order valence-electron chi connectivity index (χ3n) is 13.3. The lowest BCUT2D eigenvalue weighted by molar-refractivity contribution is -0.135. The van der Waals surface area contributed by atoms with Gasteiger partial charge in [0.2, 0.25) is 33.7 Å². The Hall–Kier alpha value is -5.33. The van der Waals surface area contributed by atoms with Gasteiger partial charge in [0.1, 0.15) is 12.1 Å². The number of aryl methyl sites for hydroxylation is 2. The Bertz CT molecular complexity index is 2620. The standard InChI is InChI=1S/C43H55N11O6S/c1-27-24-31(12-13-32(27)46-42-48-39-37(44-26-45-39)41(49-42)60-30-8-5-4-6-9-30)61(58,59)53-22-16-28(17-23-53)25-50(2)29-18-20-52(21-19-29)33-10-7-11-34-38(33)51(3)43(57)54(34)35-14-15-36(55)47-40(35)56/h7,10-13,24,26,28-30,35H,4-6,8-9,14-23,25H2,1-3H3,(H,47,55,56)(H2,44,45,46,48,49). The first-order chi connectivity index (χ1) is 29.4. The van der Waals surface area contributed by atoms with E-state index in [1.54, 1.807) is 40.4 Å². The Morgan fingerprint density at radius 1 is 0.934 bits per heavy atom. The molecule has 3 aromatic heterocycles. The van der Waals surface area contributed by atoms with Gasteiger partial charge in [0.25, 0.3) is 0 Å². The Balaban J connectivity index is 0.789. The summed E-state index contributed by atoms with van der Waals surface area (Å²) in [4.78, 5) is 59.8. The highest BCUT2D eigenvalue weighted by Gasteiger charge is 2.34. The van der Waals surface area contributed by atoms with E-state index in [4.69, 9.17) is 4.74 Å². The van der Waals surface area contributed by atoms with Crippen molar-refractivity contribution in [3.8, 4) is 5.88 Å². The van der Waals surface area contributed by atoms with Crippen molar-refractivity contribution in [2.24, 2.45) is 13.0 Å². The molecule has 1 atom stereocenters. The molecule has 0 radical (unpaired) electrons. The van der Waals surface area contributed by atoms with Gasteiger partial charge in [0.15, 0.2) is 11.2 Å². The zero-order valence-electron chi connectivity index (χ0n) is 35.1. The van der Waals surface area contributed by atoms with Gasteiger partial charge >= 0.3 is 5.69 Å². The number of hydrogen-bond donors (Lipinski definition) is 3. The molecule has 6 heterocycles. The van der Waals surface area contributed by atoms with Crippen LogP contribution in [0.15, 0.2) is 52.4 Å². The van der Waals surface area contributed by atoms with E-state index in [-0.39, 0.29) is 29.0 Å². The monoisotopic (exact) mass is 853 g/mol. The lowest BCUT2D eigenvalue weighted by atomic mass is 9.95. The third kappa shape index (κ3) is 8.12. The molecular formula is C43H55N11O6S. The van der Waals surface area contributed by atoms with Crippen molar-refractivity contribution < 1.29 is 22.7 Å². The molecule has 5 aromatic rings. The van der Waals surface area contributed by atoms with Gasteiger partial charge in [-0.05, 0) is 114 Å². The lowest BCUT2D eigenvalue weighted by Crippen LogP contribution is -2.46. The van der Waals surface area contributed by atoms with Crippen molar-refractivity contribution >= 4 is 61.4 Å². The van der Waals surface area contributed by atoms with E-state index in [0.29, 0.717) is 65.7 Å². The van der Waals surface area contributed by atoms with Gasteiger partial charge in [-0.1, -0.05) is 12.5 Å². The highest BCUT2D eigenvalue weighted by Crippen LogP contribution is 2.34. The number of piperidine rings is 3. The molecule has 1 aliphatic carbocycles. The number of hydrogen-bond acceptors (Lipinski definition) is 12. The number of nitrogens with zero attached hydrogens (tertiary/aromatic N) is 8. The van der Waals surface area contributed by atoms with Crippen LogP contribution in [0.4, 0.5) is 17.3 Å². The maximum absolute atomic E-state index is 13.9. The zero-order chi connectivity index (χ0) is 42.4. The number of ether oxygens (including phenoxy) is 1. The molecule has 3 N–H and O–H groups in total. The Morgan fingerprint density at radius 3 is 2.44 bits per heavy atom. The van der Waals surface area contributed by atoms with Crippen LogP contribution in [0.25, 0.3) is 22.2 Å². The van der Waals surface area contributed by atoms with Crippen LogP contribution in [0, 0.1) is 12.8 Å². The second kappa shape index (κ2) is 16.9. The largest absolute Gasteiger partial charge is 0.473 e. The second-order valence-electron chi connectivity index (χ2n) is 17.3. The minimum atomic E-state index is -3.69. The molecule has 3 aliphatic heterocycles. The minimum Gasteiger partial charge on any atom is -0.473 e. The summed E-state index contributed by atoms with van der Waals surface area (Å²) in [5.74, 6) is 0.433. The van der Waals surface area contributed by atoms with Crippen LogP contribution in [-0.2, 0) is 26.7 Å². The molecule has 0 spiro atoms. The van der Waals surface area contributed by atoms with E-state index >= 15 is 0 Å². The van der Waals surface area contributed by atoms with Crippen molar-refractivity contribution in [3.05, 3.63) is 58.8 Å². The quantitative estimate of drug-likeness (QED) is 0.155. The van der Waals surface area contributed by atoms with Gasteiger partial charge in [-0.2, -0.15) is 14.3 Å². The van der Waals surface area contributed by atoms with Crippen LogP contribution in [-0.4, -0.2) is 110 Å². The number of amides is 2. The predicted octanol–water partition coefficient (Wildman–Crippen LogP) is 4.75. The molecule has 0 bridgehead atoms. The van der Waals surface area contributed by atoms with Crippen LogP contribution in [0.1, 0.15) is 82.2 Å². The number of aromatic nitrogens is 6. The van der Waals surface area contributed by atoms with Crippen molar-refractivity contribution in [2.45, 2.75) is 101 Å². The first-order valence-corrected chi connectivity index (χ1v) is 23.1. The van der Waals surface area contributed by atoms with Gasteiger partial charge < -0.3 is 24.8 Å². The number of aromatic amines is 1. The van der Waals surface area contributed by atoms with E-state index < -0.39 is 22.0 Å². The van der Waals surface area contributed by atoms with Gasteiger partial charge in [-0.25, -0.2) is 18.2 Å². The highest BCUT2D eigenvalue weighted by molar-refractivity contribution is 7.89. The van der Waals surface area contributed by atoms with E-state index in [2.05, 4.69) is 47.4 Å². The molecular weight excluding hydrogens is 799 g/mol. The number of anilines is 3. The van der Waals surface area contributed by atoms with Gasteiger partial charge in [-0.15, -0.1) is 0 Å². The highest BCUT2D eigenvalue weighted by atomic mass is 32.2. The van der Waals surface area contributed by atoms with Crippen molar-refractivity contribution in [1.82, 2.24) is 43.6 Å². The first kappa shape index (κ1) is 41.0. The summed E-state index contributed by atoms with van der Waals surface area (Å²) in [6.45, 7) is 5.36. The molecule has 2 amide bonds. The maximum Gasteiger partial charge on any atom is 0.329 e. The third-order valence-corrected chi connectivity index (χ3v) is 15.2. The van der Waals surface area contributed by atoms with Crippen LogP contribution in [0.3, 0.4) is 0 Å². The smallest absolute Gasteiger partial charge is 0.329 e. The normalized spacial score (nSPS) is 20.5. The molecule has 1 unspecified atom stereocenters. The predicted molar refractivity (Wildman–Crippen MR) is 232 cm³/mol. The number of benzene rings is 2. The maximum atomic E-state index is 13.9. The Kier molecular flexibility index (Phi) is 11.3. The number of sulfonamides is 1. The minimum absolute atomic E-state index is 0.0997. The molecule has 9 rings (SSSR count). The summed E-state index contributed by atoms with van der Waals surface area (Å²) in [6, 6.07) is 10.6. The van der Waals surface area contributed by atoms with Gasteiger partial charge in [0.05, 0.1) is 27.9 Å². The number of carbonyl (C=O) groups excluding carboxylic acids is 2. The second-order valence-corrected chi connectivity index (χ2v) is 19.2. The molecule has 1 saturated carbocycles. The fourth-order valence-electron chi connectivity index (χ4n) is 9.83. The Labute approximate surface area is 354 Å². The van der Waals surface area contributed by atoms with E-state index in [1.807, 2.05) is 25.1 Å². The topological polar surface area (TPSA) is 193 Å². The van der Waals surface area contributed by atoms with Crippen molar-refractivity contribution in [1.29, 1.82) is 0 Å². The SMILES string of the molecule is Cc1cc(S(=O)(=O)N2CCC(CN(C)C3CCN(c4cccc5c4n(C)c(=O)n5C4CCC(=O)NC4=O)CC3)CC2)ccc1Nc1nc(OC2CCCCC2)c2nc[nH]c2n1. The number of carbonyl (C=O) groups is 2. The molecule has 2 aromatic carbocycles. The van der Waals surface area contributed by atoms with E-state index in [0.717, 1.165) is 87.8 Å². The van der Waals surface area contributed by atoms with E-state index in [1.165, 1.54) is 11.0 Å². The van der Waals surface area contributed by atoms with Gasteiger partial charge in [0, 0.05) is 57.9 Å². The number of imidazole rings is 2. The van der Waals surface area contributed by atoms with Crippen molar-refractivity contribution in [2.75, 3.05) is 50.0 Å². The number of H-pyrrole nitrogens is 1. The molecule has 18 heteroatoms. The molecule has 4 aliphatic rings. The summed E-state index contributed by atoms with van der Waals surface area (Å²) in [5, 5.41) is 5.67. The number of nitrogens with one attached hydrogen (secondary N) is 3. The summed E-state index contributed by atoms with van der Waals surface area (Å²) < 4.78 is 38.9. The lowest BCUT2D eigenvalue weighted by Gasteiger charge is -2.40. The van der Waals surface area contributed by atoms with Crippen molar-refractivity contribution in [3.63, 3.8) is 0 Å². The van der Waals surface area contributed by atoms with Gasteiger partial charge in [-0.3, -0.25) is 24.0 Å². The molecule has 17 nitrogen and oxygen atoms in total. The average molecular weight is 854 g/mol. The molecule has 3 saturated heterocycles. The first-order valence-electron chi connectivity index (χ1n) is 21.7. The van der Waals surface area contributed by atoms with Crippen LogP contribution < -0.4 is 26.0 Å². The van der Waals surface area contributed by atoms with E-state index in [9.17, 15) is 22.8 Å².